The maximum atomic E-state index is 12.1. The number of nitrogens with two attached hydrogens (primary N) is 2. The van der Waals surface area contributed by atoms with E-state index >= 15 is 0 Å². The van der Waals surface area contributed by atoms with Gasteiger partial charge in [0.25, 0.3) is 11.6 Å². The lowest BCUT2D eigenvalue weighted by Gasteiger charge is -2.24. The number of likely N-dealkylation sites (N-methyl/N-ethyl adjacent to an activating group) is 1. The second kappa shape index (κ2) is 5.46. The molecule has 0 saturated heterocycles. The number of benzene rings is 1. The van der Waals surface area contributed by atoms with E-state index in [0.717, 1.165) is 0 Å². The summed E-state index contributed by atoms with van der Waals surface area (Å²) < 4.78 is 0. The standard InChI is InChI=1S/C11H16N4O3/c1-7(6-12)14(2)11(16)8-4-3-5-9(10(8)13)15(17)18/h3-5,7H,6,12-13H2,1-2H3. The molecule has 1 amide bonds. The quantitative estimate of drug-likeness (QED) is 0.462. The van der Waals surface area contributed by atoms with Crippen LogP contribution >= 0.6 is 0 Å². The molecular weight excluding hydrogens is 236 g/mol. The van der Waals surface area contributed by atoms with Crippen LogP contribution in [0.5, 0.6) is 0 Å². The number of nitrogens with zero attached hydrogens (tertiary/aromatic N) is 2. The fraction of sp³-hybridized carbons (Fsp3) is 0.364. The van der Waals surface area contributed by atoms with E-state index in [0.29, 0.717) is 6.54 Å². The zero-order valence-corrected chi connectivity index (χ0v) is 10.3. The van der Waals surface area contributed by atoms with Crippen LogP contribution in [0.4, 0.5) is 11.4 Å². The fourth-order valence-corrected chi connectivity index (χ4v) is 1.45. The summed E-state index contributed by atoms with van der Waals surface area (Å²) in [4.78, 5) is 23.6. The molecule has 0 fully saturated rings. The van der Waals surface area contributed by atoms with E-state index in [-0.39, 0.29) is 28.9 Å². The van der Waals surface area contributed by atoms with Crippen LogP contribution in [0, 0.1) is 10.1 Å². The van der Waals surface area contributed by atoms with E-state index in [9.17, 15) is 14.9 Å². The van der Waals surface area contributed by atoms with Gasteiger partial charge >= 0.3 is 0 Å². The van der Waals surface area contributed by atoms with Gasteiger partial charge in [-0.3, -0.25) is 14.9 Å². The number of anilines is 1. The summed E-state index contributed by atoms with van der Waals surface area (Å²) in [6.45, 7) is 2.09. The lowest BCUT2D eigenvalue weighted by Crippen LogP contribution is -2.40. The molecule has 1 rings (SSSR count). The normalized spacial score (nSPS) is 11.9. The number of rotatable bonds is 4. The average molecular weight is 252 g/mol. The summed E-state index contributed by atoms with van der Waals surface area (Å²) in [5.41, 5.74) is 10.8. The lowest BCUT2D eigenvalue weighted by atomic mass is 10.1. The minimum absolute atomic E-state index is 0.118. The largest absolute Gasteiger partial charge is 0.393 e. The third-order valence-electron chi connectivity index (χ3n) is 2.83. The van der Waals surface area contributed by atoms with Crippen LogP contribution in [0.15, 0.2) is 18.2 Å². The molecule has 1 unspecified atom stereocenters. The first-order chi connectivity index (χ1) is 8.40. The van der Waals surface area contributed by atoms with Crippen LogP contribution in [0.3, 0.4) is 0 Å². The molecule has 0 spiro atoms. The molecule has 7 nitrogen and oxygen atoms in total. The highest BCUT2D eigenvalue weighted by atomic mass is 16.6. The van der Waals surface area contributed by atoms with Crippen LogP contribution in [0.25, 0.3) is 0 Å². The first-order valence-electron chi connectivity index (χ1n) is 5.40. The maximum Gasteiger partial charge on any atom is 0.292 e. The van der Waals surface area contributed by atoms with Gasteiger partial charge in [-0.25, -0.2) is 0 Å². The van der Waals surface area contributed by atoms with E-state index in [1.165, 1.54) is 23.1 Å². The Labute approximate surface area is 105 Å². The summed E-state index contributed by atoms with van der Waals surface area (Å²) in [7, 11) is 1.58. The molecule has 0 aromatic heterocycles. The highest BCUT2D eigenvalue weighted by molar-refractivity contribution is 6.01. The molecule has 0 heterocycles. The molecule has 0 saturated carbocycles. The summed E-state index contributed by atoms with van der Waals surface area (Å²) in [5, 5.41) is 10.7. The van der Waals surface area contributed by atoms with Gasteiger partial charge in [0.05, 0.1) is 10.5 Å². The Morgan fingerprint density at radius 2 is 2.17 bits per heavy atom. The van der Waals surface area contributed by atoms with Gasteiger partial charge in [-0.1, -0.05) is 6.07 Å². The van der Waals surface area contributed by atoms with Gasteiger partial charge in [-0.15, -0.1) is 0 Å². The molecule has 0 radical (unpaired) electrons. The monoisotopic (exact) mass is 252 g/mol. The molecule has 1 aromatic rings. The van der Waals surface area contributed by atoms with Gasteiger partial charge in [0.2, 0.25) is 0 Å². The van der Waals surface area contributed by atoms with Crippen molar-refractivity contribution in [2.45, 2.75) is 13.0 Å². The average Bonchev–Trinajstić information content (AvgIpc) is 2.36. The Bertz CT molecular complexity index is 475. The van der Waals surface area contributed by atoms with Crippen molar-refractivity contribution >= 4 is 17.3 Å². The molecule has 0 aliphatic carbocycles. The molecule has 0 aliphatic heterocycles. The van der Waals surface area contributed by atoms with E-state index < -0.39 is 4.92 Å². The second-order valence-corrected chi connectivity index (χ2v) is 4.00. The van der Waals surface area contributed by atoms with Crippen LogP contribution < -0.4 is 11.5 Å². The van der Waals surface area contributed by atoms with Gasteiger partial charge < -0.3 is 16.4 Å². The van der Waals surface area contributed by atoms with Crippen molar-refractivity contribution in [2.24, 2.45) is 5.73 Å². The number of hydrogen-bond acceptors (Lipinski definition) is 5. The van der Waals surface area contributed by atoms with Gasteiger partial charge in [0.1, 0.15) is 5.69 Å². The van der Waals surface area contributed by atoms with Crippen molar-refractivity contribution in [2.75, 3.05) is 19.3 Å². The Balaban J connectivity index is 3.14. The summed E-state index contributed by atoms with van der Waals surface area (Å²) in [6.07, 6.45) is 0. The highest BCUT2D eigenvalue weighted by Crippen LogP contribution is 2.25. The summed E-state index contributed by atoms with van der Waals surface area (Å²) in [5.74, 6) is -0.380. The van der Waals surface area contributed by atoms with E-state index in [1.54, 1.807) is 14.0 Å². The fourth-order valence-electron chi connectivity index (χ4n) is 1.45. The minimum Gasteiger partial charge on any atom is -0.393 e. The van der Waals surface area contributed by atoms with Gasteiger partial charge in [0.15, 0.2) is 0 Å². The number of nitro benzene ring substituents is 1. The van der Waals surface area contributed by atoms with E-state index in [4.69, 9.17) is 11.5 Å². The maximum absolute atomic E-state index is 12.1. The minimum atomic E-state index is -0.613. The van der Waals surface area contributed by atoms with E-state index in [2.05, 4.69) is 0 Å². The van der Waals surface area contributed by atoms with Crippen molar-refractivity contribution in [3.05, 3.63) is 33.9 Å². The number of nitrogen functional groups attached to an aromatic ring is 1. The van der Waals surface area contributed by atoms with Gasteiger partial charge in [-0.2, -0.15) is 0 Å². The second-order valence-electron chi connectivity index (χ2n) is 4.00. The van der Waals surface area contributed by atoms with Crippen LogP contribution in [-0.4, -0.2) is 35.4 Å². The molecule has 4 N–H and O–H groups in total. The number of carbonyl (C=O) groups excluding carboxylic acids is 1. The van der Waals surface area contributed by atoms with Crippen LogP contribution in [0.2, 0.25) is 0 Å². The number of amides is 1. The van der Waals surface area contributed by atoms with Crippen molar-refractivity contribution < 1.29 is 9.72 Å². The van der Waals surface area contributed by atoms with Gasteiger partial charge in [0, 0.05) is 25.7 Å². The Kier molecular flexibility index (Phi) is 4.22. The SMILES string of the molecule is CC(CN)N(C)C(=O)c1cccc([N+](=O)[O-])c1N. The first-order valence-corrected chi connectivity index (χ1v) is 5.40. The summed E-state index contributed by atoms with van der Waals surface area (Å²) >= 11 is 0. The molecule has 98 valence electrons. The number of nitro groups is 1. The van der Waals surface area contributed by atoms with E-state index in [1.807, 2.05) is 0 Å². The van der Waals surface area contributed by atoms with Crippen LogP contribution in [-0.2, 0) is 0 Å². The van der Waals surface area contributed by atoms with Crippen molar-refractivity contribution in [1.82, 2.24) is 4.90 Å². The zero-order valence-electron chi connectivity index (χ0n) is 10.3. The molecule has 0 bridgehead atoms. The summed E-state index contributed by atoms with van der Waals surface area (Å²) in [6, 6.07) is 3.99. The molecule has 18 heavy (non-hydrogen) atoms. The molecule has 0 aliphatic rings. The Morgan fingerprint density at radius 3 is 2.67 bits per heavy atom. The third kappa shape index (κ3) is 2.57. The molecule has 7 heteroatoms. The first kappa shape index (κ1) is 13.9. The zero-order chi connectivity index (χ0) is 13.9. The van der Waals surface area contributed by atoms with Crippen molar-refractivity contribution in [1.29, 1.82) is 0 Å². The third-order valence-corrected chi connectivity index (χ3v) is 2.83. The molecule has 1 atom stereocenters. The van der Waals surface area contributed by atoms with Crippen molar-refractivity contribution in [3.63, 3.8) is 0 Å². The highest BCUT2D eigenvalue weighted by Gasteiger charge is 2.23. The molecular formula is C11H16N4O3. The lowest BCUT2D eigenvalue weighted by molar-refractivity contribution is -0.383. The van der Waals surface area contributed by atoms with Gasteiger partial charge in [-0.05, 0) is 13.0 Å². The smallest absolute Gasteiger partial charge is 0.292 e. The predicted octanol–water partition coefficient (Wildman–Crippen LogP) is 0.596. The number of hydrogen-bond donors (Lipinski definition) is 2. The Morgan fingerprint density at radius 1 is 1.56 bits per heavy atom. The Hall–Kier alpha value is -2.15. The van der Waals surface area contributed by atoms with Crippen LogP contribution in [0.1, 0.15) is 17.3 Å². The number of carbonyl (C=O) groups is 1. The predicted molar refractivity (Wildman–Crippen MR) is 68.1 cm³/mol. The molecule has 1 aromatic carbocycles. The number of para-hydroxylation sites is 1. The van der Waals surface area contributed by atoms with Crippen molar-refractivity contribution in [3.8, 4) is 0 Å². The topological polar surface area (TPSA) is 115 Å².